The van der Waals surface area contributed by atoms with E-state index in [0.717, 1.165) is 29.9 Å². The number of methoxy groups -OCH3 is 1. The summed E-state index contributed by atoms with van der Waals surface area (Å²) in [6.07, 6.45) is 2.31. The smallest absolute Gasteiger partial charge is 0.320 e. The van der Waals surface area contributed by atoms with Crippen molar-refractivity contribution in [1.29, 1.82) is 0 Å². The lowest BCUT2D eigenvalue weighted by molar-refractivity contribution is -0.139. The van der Waals surface area contributed by atoms with Crippen LogP contribution < -0.4 is 4.74 Å². The van der Waals surface area contributed by atoms with Crippen LogP contribution in [0.5, 0.6) is 5.75 Å². The molecule has 1 atom stereocenters. The Morgan fingerprint density at radius 2 is 2.41 bits per heavy atom. The fourth-order valence-corrected chi connectivity index (χ4v) is 3.55. The average Bonchev–Trinajstić information content (AvgIpc) is 2.79. The van der Waals surface area contributed by atoms with Crippen LogP contribution in [-0.4, -0.2) is 28.7 Å². The molecule has 0 spiro atoms. The first-order chi connectivity index (χ1) is 8.16. The Labute approximate surface area is 105 Å². The molecule has 17 heavy (non-hydrogen) atoms. The Kier molecular flexibility index (Phi) is 3.62. The molecular formula is C13H16O3S. The van der Waals surface area contributed by atoms with Gasteiger partial charge in [-0.25, -0.2) is 0 Å². The van der Waals surface area contributed by atoms with Crippen molar-refractivity contribution in [3.63, 3.8) is 0 Å². The highest BCUT2D eigenvalue weighted by Gasteiger charge is 2.42. The number of benzene rings is 1. The molecule has 0 amide bonds. The molecule has 1 heterocycles. The molecule has 4 heteroatoms. The highest BCUT2D eigenvalue weighted by Crippen LogP contribution is 2.41. The summed E-state index contributed by atoms with van der Waals surface area (Å²) in [5, 5.41) is 9.40. The summed E-state index contributed by atoms with van der Waals surface area (Å²) in [6.45, 7) is 0. The predicted octanol–water partition coefficient (Wildman–Crippen LogP) is 2.59. The van der Waals surface area contributed by atoms with Gasteiger partial charge in [-0.1, -0.05) is 12.1 Å². The van der Waals surface area contributed by atoms with Crippen molar-refractivity contribution in [2.24, 2.45) is 0 Å². The number of carbonyl (C=O) groups is 1. The van der Waals surface area contributed by atoms with E-state index in [9.17, 15) is 9.90 Å². The van der Waals surface area contributed by atoms with E-state index in [1.54, 1.807) is 18.9 Å². The fourth-order valence-electron chi connectivity index (χ4n) is 2.19. The lowest BCUT2D eigenvalue weighted by Gasteiger charge is -2.23. The van der Waals surface area contributed by atoms with Crippen molar-refractivity contribution >= 4 is 17.7 Å². The molecule has 1 aromatic rings. The van der Waals surface area contributed by atoms with E-state index in [0.29, 0.717) is 6.42 Å². The van der Waals surface area contributed by atoms with E-state index in [2.05, 4.69) is 0 Å². The van der Waals surface area contributed by atoms with Gasteiger partial charge in [-0.2, -0.15) is 0 Å². The minimum Gasteiger partial charge on any atom is -0.497 e. The van der Waals surface area contributed by atoms with Gasteiger partial charge in [-0.3, -0.25) is 4.79 Å². The van der Waals surface area contributed by atoms with Crippen molar-refractivity contribution in [2.75, 3.05) is 12.9 Å². The molecule has 1 aliphatic rings. The lowest BCUT2D eigenvalue weighted by Crippen LogP contribution is -2.34. The minimum atomic E-state index is -0.692. The molecule has 1 fully saturated rings. The maximum Gasteiger partial charge on any atom is 0.320 e. The number of hydrogen-bond acceptors (Lipinski definition) is 3. The summed E-state index contributed by atoms with van der Waals surface area (Å²) in [4.78, 5) is 11.4. The zero-order valence-corrected chi connectivity index (χ0v) is 10.6. The van der Waals surface area contributed by atoms with E-state index in [1.165, 1.54) is 0 Å². The zero-order valence-electron chi connectivity index (χ0n) is 9.81. The van der Waals surface area contributed by atoms with Crippen LogP contribution in [0.15, 0.2) is 24.3 Å². The van der Waals surface area contributed by atoms with Gasteiger partial charge in [0.1, 0.15) is 10.5 Å². The maximum absolute atomic E-state index is 11.4. The van der Waals surface area contributed by atoms with E-state index in [4.69, 9.17) is 4.74 Å². The molecule has 1 aliphatic heterocycles. The lowest BCUT2D eigenvalue weighted by atomic mass is 9.94. The average molecular weight is 252 g/mol. The predicted molar refractivity (Wildman–Crippen MR) is 68.8 cm³/mol. The second kappa shape index (κ2) is 5.00. The van der Waals surface area contributed by atoms with Crippen LogP contribution >= 0.6 is 11.8 Å². The summed E-state index contributed by atoms with van der Waals surface area (Å²) in [5.41, 5.74) is 1.03. The molecule has 1 unspecified atom stereocenters. The molecule has 0 radical (unpaired) electrons. The van der Waals surface area contributed by atoms with Gasteiger partial charge in [0.15, 0.2) is 0 Å². The van der Waals surface area contributed by atoms with Gasteiger partial charge in [0, 0.05) is 0 Å². The fraction of sp³-hybridized carbons (Fsp3) is 0.462. The van der Waals surface area contributed by atoms with Gasteiger partial charge in [-0.05, 0) is 42.7 Å². The third kappa shape index (κ3) is 2.57. The van der Waals surface area contributed by atoms with Gasteiger partial charge in [0.05, 0.1) is 7.11 Å². The van der Waals surface area contributed by atoms with Crippen molar-refractivity contribution in [1.82, 2.24) is 0 Å². The summed E-state index contributed by atoms with van der Waals surface area (Å²) in [6, 6.07) is 7.66. The van der Waals surface area contributed by atoms with E-state index in [1.807, 2.05) is 24.3 Å². The van der Waals surface area contributed by atoms with Crippen LogP contribution in [-0.2, 0) is 11.2 Å². The molecule has 0 aromatic heterocycles. The second-order valence-electron chi connectivity index (χ2n) is 4.28. The van der Waals surface area contributed by atoms with Crippen molar-refractivity contribution in [2.45, 2.75) is 24.0 Å². The summed E-state index contributed by atoms with van der Waals surface area (Å²) in [7, 11) is 1.62. The summed E-state index contributed by atoms with van der Waals surface area (Å²) >= 11 is 1.57. The van der Waals surface area contributed by atoms with Crippen LogP contribution in [0.3, 0.4) is 0 Å². The number of ether oxygens (including phenoxy) is 1. The number of hydrogen-bond donors (Lipinski definition) is 1. The highest BCUT2D eigenvalue weighted by atomic mass is 32.2. The summed E-state index contributed by atoms with van der Waals surface area (Å²) in [5.74, 6) is 1.03. The number of carboxylic acids is 1. The number of aliphatic carboxylic acids is 1. The number of thioether (sulfide) groups is 1. The largest absolute Gasteiger partial charge is 0.497 e. The molecule has 2 rings (SSSR count). The van der Waals surface area contributed by atoms with Gasteiger partial charge in [0.2, 0.25) is 0 Å². The monoisotopic (exact) mass is 252 g/mol. The Balaban J connectivity index is 2.20. The molecule has 1 saturated heterocycles. The summed E-state index contributed by atoms with van der Waals surface area (Å²) < 4.78 is 4.53. The molecule has 0 saturated carbocycles. The first-order valence-electron chi connectivity index (χ1n) is 5.66. The highest BCUT2D eigenvalue weighted by molar-refractivity contribution is 8.01. The SMILES string of the molecule is COc1cccc(CC2(C(=O)O)CCCS2)c1. The van der Waals surface area contributed by atoms with Gasteiger partial charge >= 0.3 is 5.97 Å². The third-order valence-electron chi connectivity index (χ3n) is 3.12. The molecular weight excluding hydrogens is 236 g/mol. The maximum atomic E-state index is 11.4. The first-order valence-corrected chi connectivity index (χ1v) is 6.65. The minimum absolute atomic E-state index is 0.574. The van der Waals surface area contributed by atoms with E-state index >= 15 is 0 Å². The quantitative estimate of drug-likeness (QED) is 0.894. The zero-order chi connectivity index (χ0) is 12.3. The number of rotatable bonds is 4. The standard InChI is InChI=1S/C13H16O3S/c1-16-11-5-2-4-10(8-11)9-13(12(14)15)6-3-7-17-13/h2,4-5,8H,3,6-7,9H2,1H3,(H,14,15). The molecule has 0 aliphatic carbocycles. The van der Waals surface area contributed by atoms with Crippen LogP contribution in [0.2, 0.25) is 0 Å². The molecule has 3 nitrogen and oxygen atoms in total. The number of carboxylic acid groups (broad SMARTS) is 1. The van der Waals surface area contributed by atoms with Crippen LogP contribution in [0, 0.1) is 0 Å². The first kappa shape index (κ1) is 12.3. The van der Waals surface area contributed by atoms with Crippen LogP contribution in [0.1, 0.15) is 18.4 Å². The molecule has 0 bridgehead atoms. The van der Waals surface area contributed by atoms with E-state index in [-0.39, 0.29) is 0 Å². The van der Waals surface area contributed by atoms with Crippen molar-refractivity contribution in [3.05, 3.63) is 29.8 Å². The Bertz CT molecular complexity index is 411. The van der Waals surface area contributed by atoms with Gasteiger partial charge < -0.3 is 9.84 Å². The van der Waals surface area contributed by atoms with Gasteiger partial charge in [0.25, 0.3) is 0 Å². The molecule has 92 valence electrons. The Morgan fingerprint density at radius 1 is 1.59 bits per heavy atom. The van der Waals surface area contributed by atoms with Crippen LogP contribution in [0.4, 0.5) is 0 Å². The molecule has 1 aromatic carbocycles. The van der Waals surface area contributed by atoms with Crippen molar-refractivity contribution in [3.8, 4) is 5.75 Å². The Morgan fingerprint density at radius 3 is 3.00 bits per heavy atom. The van der Waals surface area contributed by atoms with E-state index < -0.39 is 10.7 Å². The van der Waals surface area contributed by atoms with Gasteiger partial charge in [-0.15, -0.1) is 11.8 Å². The Hall–Kier alpha value is -1.16. The molecule has 1 N–H and O–H groups in total. The second-order valence-corrected chi connectivity index (χ2v) is 5.76. The van der Waals surface area contributed by atoms with Crippen LogP contribution in [0.25, 0.3) is 0 Å². The third-order valence-corrected chi connectivity index (χ3v) is 4.69. The normalized spacial score (nSPS) is 23.6. The van der Waals surface area contributed by atoms with Crippen molar-refractivity contribution < 1.29 is 14.6 Å². The topological polar surface area (TPSA) is 46.5 Å².